The zero-order valence-electron chi connectivity index (χ0n) is 19.2. The SMILES string of the molecule is CCN(CC)c1ccc(/C=C(/NC(=O)c2ccccc2)C(=O)N/N=C/c2ccc(O)cc2)cc1. The van der Waals surface area contributed by atoms with Gasteiger partial charge in [0, 0.05) is 24.3 Å². The van der Waals surface area contributed by atoms with E-state index < -0.39 is 11.8 Å². The van der Waals surface area contributed by atoms with E-state index in [1.54, 1.807) is 42.5 Å². The molecule has 3 rings (SSSR count). The fourth-order valence-electron chi connectivity index (χ4n) is 3.27. The van der Waals surface area contributed by atoms with Crippen molar-refractivity contribution >= 4 is 29.8 Å². The van der Waals surface area contributed by atoms with Gasteiger partial charge in [0.1, 0.15) is 11.4 Å². The lowest BCUT2D eigenvalue weighted by Crippen LogP contribution is -2.32. The third kappa shape index (κ3) is 6.80. The highest BCUT2D eigenvalue weighted by Gasteiger charge is 2.14. The molecule has 7 heteroatoms. The van der Waals surface area contributed by atoms with E-state index in [-0.39, 0.29) is 11.4 Å². The number of benzene rings is 3. The second-order valence-corrected chi connectivity index (χ2v) is 7.43. The van der Waals surface area contributed by atoms with Gasteiger partial charge in [0.25, 0.3) is 11.8 Å². The van der Waals surface area contributed by atoms with E-state index in [1.807, 2.05) is 30.3 Å². The van der Waals surface area contributed by atoms with Gasteiger partial charge in [0.15, 0.2) is 0 Å². The zero-order chi connectivity index (χ0) is 24.3. The lowest BCUT2D eigenvalue weighted by molar-refractivity contribution is -0.117. The van der Waals surface area contributed by atoms with E-state index in [0.29, 0.717) is 11.1 Å². The number of carbonyl (C=O) groups excluding carboxylic acids is 2. The first kappa shape index (κ1) is 24.3. The van der Waals surface area contributed by atoms with Gasteiger partial charge in [-0.25, -0.2) is 5.43 Å². The van der Waals surface area contributed by atoms with Crippen LogP contribution in [-0.4, -0.2) is 36.2 Å². The Morgan fingerprint density at radius 1 is 0.882 bits per heavy atom. The third-order valence-electron chi connectivity index (χ3n) is 5.13. The highest BCUT2D eigenvalue weighted by atomic mass is 16.3. The maximum absolute atomic E-state index is 12.9. The van der Waals surface area contributed by atoms with Crippen LogP contribution in [0.15, 0.2) is 89.7 Å². The average molecular weight is 457 g/mol. The summed E-state index contributed by atoms with van der Waals surface area (Å²) in [5, 5.41) is 16.0. The monoisotopic (exact) mass is 456 g/mol. The largest absolute Gasteiger partial charge is 0.508 e. The van der Waals surface area contributed by atoms with Gasteiger partial charge < -0.3 is 15.3 Å². The minimum atomic E-state index is -0.563. The number of anilines is 1. The first-order valence-electron chi connectivity index (χ1n) is 11.1. The van der Waals surface area contributed by atoms with Crippen LogP contribution in [0.4, 0.5) is 5.69 Å². The van der Waals surface area contributed by atoms with E-state index in [9.17, 15) is 14.7 Å². The Morgan fingerprint density at radius 2 is 1.50 bits per heavy atom. The molecule has 0 aliphatic carbocycles. The van der Waals surface area contributed by atoms with Crippen LogP contribution < -0.4 is 15.6 Å². The molecule has 0 spiro atoms. The summed E-state index contributed by atoms with van der Waals surface area (Å²) in [7, 11) is 0. The number of hydrogen-bond donors (Lipinski definition) is 3. The van der Waals surface area contributed by atoms with Gasteiger partial charge in [-0.15, -0.1) is 0 Å². The number of carbonyl (C=O) groups is 2. The van der Waals surface area contributed by atoms with Crippen LogP contribution in [0.1, 0.15) is 35.3 Å². The lowest BCUT2D eigenvalue weighted by Gasteiger charge is -2.20. The van der Waals surface area contributed by atoms with E-state index in [1.165, 1.54) is 18.3 Å². The van der Waals surface area contributed by atoms with E-state index in [4.69, 9.17) is 0 Å². The molecule has 0 saturated carbocycles. The number of rotatable bonds is 9. The van der Waals surface area contributed by atoms with Gasteiger partial charge >= 0.3 is 0 Å². The van der Waals surface area contributed by atoms with E-state index in [0.717, 1.165) is 24.3 Å². The first-order valence-corrected chi connectivity index (χ1v) is 11.1. The average Bonchev–Trinajstić information content (AvgIpc) is 2.87. The van der Waals surface area contributed by atoms with Crippen LogP contribution in [0, 0.1) is 0 Å². The van der Waals surface area contributed by atoms with Gasteiger partial charge in [-0.2, -0.15) is 5.10 Å². The molecule has 0 unspecified atom stereocenters. The molecule has 0 aliphatic heterocycles. The maximum Gasteiger partial charge on any atom is 0.287 e. The molecule has 0 saturated heterocycles. The molecule has 0 atom stereocenters. The molecule has 3 aromatic carbocycles. The second-order valence-electron chi connectivity index (χ2n) is 7.43. The zero-order valence-corrected chi connectivity index (χ0v) is 19.2. The minimum absolute atomic E-state index is 0.0623. The number of hydrazone groups is 1. The standard InChI is InChI=1S/C27H28N4O3/c1-3-31(4-2)23-14-10-20(11-15-23)18-25(29-26(33)22-8-6-5-7-9-22)27(34)30-28-19-21-12-16-24(32)17-13-21/h5-19,32H,3-4H2,1-2H3,(H,29,33)(H,30,34)/b25-18+,28-19+. The summed E-state index contributed by atoms with van der Waals surface area (Å²) in [4.78, 5) is 27.8. The van der Waals surface area contributed by atoms with Crippen LogP contribution in [0.3, 0.4) is 0 Å². The van der Waals surface area contributed by atoms with Crippen molar-refractivity contribution in [3.63, 3.8) is 0 Å². The predicted octanol–water partition coefficient (Wildman–Crippen LogP) is 4.16. The minimum Gasteiger partial charge on any atom is -0.508 e. The summed E-state index contributed by atoms with van der Waals surface area (Å²) in [5.41, 5.74) is 5.49. The molecular formula is C27H28N4O3. The summed E-state index contributed by atoms with van der Waals surface area (Å²) in [6.07, 6.45) is 3.06. The van der Waals surface area contributed by atoms with Gasteiger partial charge in [-0.3, -0.25) is 9.59 Å². The molecule has 0 aliphatic rings. The molecular weight excluding hydrogens is 428 g/mol. The number of aromatic hydroxyl groups is 1. The Kier molecular flexibility index (Phi) is 8.57. The Morgan fingerprint density at radius 3 is 2.12 bits per heavy atom. The highest BCUT2D eigenvalue weighted by Crippen LogP contribution is 2.17. The van der Waals surface area contributed by atoms with Crippen LogP contribution >= 0.6 is 0 Å². The Labute approximate surface area is 199 Å². The highest BCUT2D eigenvalue weighted by molar-refractivity contribution is 6.05. The van der Waals surface area contributed by atoms with E-state index >= 15 is 0 Å². The molecule has 34 heavy (non-hydrogen) atoms. The molecule has 7 nitrogen and oxygen atoms in total. The summed E-state index contributed by atoms with van der Waals surface area (Å²) in [6.45, 7) is 5.98. The van der Waals surface area contributed by atoms with Gasteiger partial charge in [-0.05, 0) is 79.6 Å². The molecule has 2 amide bonds. The third-order valence-corrected chi connectivity index (χ3v) is 5.13. The topological polar surface area (TPSA) is 94.0 Å². The van der Waals surface area contributed by atoms with E-state index in [2.05, 4.69) is 34.6 Å². The van der Waals surface area contributed by atoms with Crippen molar-refractivity contribution in [1.82, 2.24) is 10.7 Å². The Bertz CT molecular complexity index is 1150. The molecule has 0 aromatic heterocycles. The molecule has 174 valence electrons. The first-order chi connectivity index (χ1) is 16.5. The second kappa shape index (κ2) is 12.0. The summed E-state index contributed by atoms with van der Waals surface area (Å²) in [6, 6.07) is 22.8. The maximum atomic E-state index is 12.9. The fraction of sp³-hybridized carbons (Fsp3) is 0.148. The summed E-state index contributed by atoms with van der Waals surface area (Å²) in [5.74, 6) is -0.821. The van der Waals surface area contributed by atoms with Crippen LogP contribution in [0.5, 0.6) is 5.75 Å². The Hall–Kier alpha value is -4.39. The number of phenolic OH excluding ortho intramolecular Hbond substituents is 1. The lowest BCUT2D eigenvalue weighted by atomic mass is 10.1. The number of amides is 2. The molecule has 0 fully saturated rings. The quantitative estimate of drug-likeness (QED) is 0.256. The molecule has 0 radical (unpaired) electrons. The smallest absolute Gasteiger partial charge is 0.287 e. The van der Waals surface area contributed by atoms with Gasteiger partial charge in [0.2, 0.25) is 0 Å². The molecule has 0 bridgehead atoms. The van der Waals surface area contributed by atoms with Crippen molar-refractivity contribution in [1.29, 1.82) is 0 Å². The summed E-state index contributed by atoms with van der Waals surface area (Å²) < 4.78 is 0. The predicted molar refractivity (Wildman–Crippen MR) is 136 cm³/mol. The van der Waals surface area contributed by atoms with Crippen LogP contribution in [-0.2, 0) is 4.79 Å². The number of nitrogens with one attached hydrogen (secondary N) is 2. The van der Waals surface area contributed by atoms with Gasteiger partial charge in [-0.1, -0.05) is 30.3 Å². The van der Waals surface area contributed by atoms with Crippen LogP contribution in [0.25, 0.3) is 6.08 Å². The number of hydrogen-bond acceptors (Lipinski definition) is 5. The summed E-state index contributed by atoms with van der Waals surface area (Å²) >= 11 is 0. The number of phenols is 1. The number of nitrogens with zero attached hydrogens (tertiary/aromatic N) is 2. The van der Waals surface area contributed by atoms with Crippen molar-refractivity contribution < 1.29 is 14.7 Å². The van der Waals surface area contributed by atoms with Crippen molar-refractivity contribution in [2.24, 2.45) is 5.10 Å². The van der Waals surface area contributed by atoms with Crippen LogP contribution in [0.2, 0.25) is 0 Å². The molecule has 3 aromatic rings. The fourth-order valence-corrected chi connectivity index (χ4v) is 3.27. The van der Waals surface area contributed by atoms with Crippen molar-refractivity contribution in [3.05, 3.63) is 101 Å². The Balaban J connectivity index is 1.81. The van der Waals surface area contributed by atoms with Crippen molar-refractivity contribution in [2.75, 3.05) is 18.0 Å². The molecule has 3 N–H and O–H groups in total. The molecule has 0 heterocycles. The van der Waals surface area contributed by atoms with Gasteiger partial charge in [0.05, 0.1) is 6.21 Å². The van der Waals surface area contributed by atoms with Crippen molar-refractivity contribution in [2.45, 2.75) is 13.8 Å². The normalized spacial score (nSPS) is 11.3. The van der Waals surface area contributed by atoms with Crippen molar-refractivity contribution in [3.8, 4) is 5.75 Å².